The van der Waals surface area contributed by atoms with Crippen LogP contribution in [-0.2, 0) is 20.7 Å². The van der Waals surface area contributed by atoms with Crippen molar-refractivity contribution in [1.82, 2.24) is 10.2 Å². The number of hydrogen-bond donors (Lipinski definition) is 3. The number of benzene rings is 1. The van der Waals surface area contributed by atoms with Crippen molar-refractivity contribution in [3.8, 4) is 0 Å². The number of carbonyl (C=O) groups excluding carboxylic acids is 2. The van der Waals surface area contributed by atoms with Crippen LogP contribution in [0.3, 0.4) is 0 Å². The van der Waals surface area contributed by atoms with E-state index in [-0.39, 0.29) is 18.9 Å². The summed E-state index contributed by atoms with van der Waals surface area (Å²) in [6.07, 6.45) is -0.682. The van der Waals surface area contributed by atoms with E-state index in [2.05, 4.69) is 11.9 Å². The fraction of sp³-hybridized carbons (Fsp3) is 0.444. The van der Waals surface area contributed by atoms with E-state index in [4.69, 9.17) is 14.7 Å². The van der Waals surface area contributed by atoms with Gasteiger partial charge in [-0.3, -0.25) is 9.59 Å². The van der Waals surface area contributed by atoms with Gasteiger partial charge in [-0.2, -0.15) is 0 Å². The molecule has 1 aromatic rings. The van der Waals surface area contributed by atoms with Gasteiger partial charge >= 0.3 is 7.32 Å². The summed E-state index contributed by atoms with van der Waals surface area (Å²) in [6.45, 7) is 11.0. The molecule has 0 aliphatic carbocycles. The molecule has 0 spiro atoms. The molecule has 0 saturated heterocycles. The minimum Gasteiger partial charge on any atom is -0.402 e. The van der Waals surface area contributed by atoms with Crippen molar-refractivity contribution in [2.45, 2.75) is 40.3 Å². The lowest BCUT2D eigenvalue weighted by Crippen LogP contribution is -2.47. The van der Waals surface area contributed by atoms with Crippen LogP contribution < -0.4 is 5.32 Å². The number of carbonyl (C=O) groups is 2. The van der Waals surface area contributed by atoms with Crippen LogP contribution in [0, 0.1) is 13.8 Å². The molecule has 8 heteroatoms. The molecule has 0 bridgehead atoms. The largest absolute Gasteiger partial charge is 0.635 e. The van der Waals surface area contributed by atoms with Gasteiger partial charge in [0.2, 0.25) is 11.8 Å². The molecule has 1 aromatic carbocycles. The van der Waals surface area contributed by atoms with Gasteiger partial charge < -0.3 is 24.9 Å². The summed E-state index contributed by atoms with van der Waals surface area (Å²) in [5.41, 5.74) is 3.36. The van der Waals surface area contributed by atoms with E-state index in [1.54, 1.807) is 13.8 Å². The van der Waals surface area contributed by atoms with Crippen LogP contribution in [0.1, 0.15) is 30.5 Å². The molecule has 0 fully saturated rings. The molecule has 0 aliphatic heterocycles. The Morgan fingerprint density at radius 1 is 1.35 bits per heavy atom. The molecule has 0 unspecified atom stereocenters. The standard InChI is InChI=1S/C18H27BN2O5/c1-6-21(18(23)12(2)3)11-16(22)20-17(26-19(24)25)10-15-8-7-13(4)9-14(15)5/h7-9,17,24-25H,2,6,10-11H2,1,3-5H3,(H,20,22)/t17-/m1/s1. The Balaban J connectivity index is 2.81. The topological polar surface area (TPSA) is 99.1 Å². The van der Waals surface area contributed by atoms with Gasteiger partial charge in [0.05, 0.1) is 6.54 Å². The highest BCUT2D eigenvalue weighted by atomic mass is 16.6. The molecular weight excluding hydrogens is 335 g/mol. The van der Waals surface area contributed by atoms with Crippen molar-refractivity contribution in [2.75, 3.05) is 13.1 Å². The van der Waals surface area contributed by atoms with E-state index in [1.807, 2.05) is 32.0 Å². The zero-order chi connectivity index (χ0) is 19.9. The summed E-state index contributed by atoms with van der Waals surface area (Å²) in [5.74, 6) is -0.770. The third-order valence-electron chi connectivity index (χ3n) is 3.88. The second-order valence-corrected chi connectivity index (χ2v) is 6.25. The summed E-state index contributed by atoms with van der Waals surface area (Å²) in [6, 6.07) is 5.83. The Morgan fingerprint density at radius 3 is 2.50 bits per heavy atom. The quantitative estimate of drug-likeness (QED) is 0.341. The van der Waals surface area contributed by atoms with Crippen LogP contribution in [-0.4, -0.2) is 53.4 Å². The highest BCUT2D eigenvalue weighted by Gasteiger charge is 2.23. The molecule has 1 rings (SSSR count). The first kappa shape index (κ1) is 21.9. The van der Waals surface area contributed by atoms with Gasteiger partial charge in [0.1, 0.15) is 6.23 Å². The van der Waals surface area contributed by atoms with E-state index in [1.165, 1.54) is 4.90 Å². The van der Waals surface area contributed by atoms with Gasteiger partial charge in [-0.05, 0) is 38.8 Å². The average Bonchev–Trinajstić information content (AvgIpc) is 2.53. The van der Waals surface area contributed by atoms with E-state index < -0.39 is 19.5 Å². The van der Waals surface area contributed by atoms with Crippen LogP contribution in [0.15, 0.2) is 30.4 Å². The Hall–Kier alpha value is -2.16. The molecule has 142 valence electrons. The Kier molecular flexibility index (Phi) is 8.51. The Labute approximate surface area is 154 Å². The minimum atomic E-state index is -2.02. The number of nitrogens with one attached hydrogen (secondary N) is 1. The van der Waals surface area contributed by atoms with Gasteiger partial charge in [0.15, 0.2) is 0 Å². The number of amides is 2. The molecule has 0 heterocycles. The lowest BCUT2D eigenvalue weighted by molar-refractivity contribution is -0.134. The highest BCUT2D eigenvalue weighted by Crippen LogP contribution is 2.13. The van der Waals surface area contributed by atoms with Crippen molar-refractivity contribution in [3.05, 3.63) is 47.0 Å². The monoisotopic (exact) mass is 362 g/mol. The van der Waals surface area contributed by atoms with Gasteiger partial charge in [-0.25, -0.2) is 0 Å². The molecule has 1 atom stereocenters. The molecule has 7 nitrogen and oxygen atoms in total. The predicted molar refractivity (Wildman–Crippen MR) is 99.9 cm³/mol. The molecule has 0 aliphatic rings. The number of nitrogens with zero attached hydrogens (tertiary/aromatic N) is 1. The Bertz CT molecular complexity index is 663. The van der Waals surface area contributed by atoms with Crippen LogP contribution in [0.5, 0.6) is 0 Å². The number of aryl methyl sites for hydroxylation is 2. The third-order valence-corrected chi connectivity index (χ3v) is 3.88. The molecule has 0 radical (unpaired) electrons. The summed E-state index contributed by atoms with van der Waals surface area (Å²) in [5, 5.41) is 20.8. The van der Waals surface area contributed by atoms with E-state index in [0.29, 0.717) is 12.1 Å². The highest BCUT2D eigenvalue weighted by molar-refractivity contribution is 6.32. The average molecular weight is 362 g/mol. The second kappa shape index (κ2) is 10.1. The van der Waals surface area contributed by atoms with Gasteiger partial charge in [0, 0.05) is 18.5 Å². The lowest BCUT2D eigenvalue weighted by atomic mass is 10.0. The van der Waals surface area contributed by atoms with Crippen LogP contribution in [0.2, 0.25) is 0 Å². The number of likely N-dealkylation sites (N-methyl/N-ethyl adjacent to an activating group) is 1. The summed E-state index contributed by atoms with van der Waals surface area (Å²) in [4.78, 5) is 25.6. The fourth-order valence-electron chi connectivity index (χ4n) is 2.55. The Morgan fingerprint density at radius 2 is 2.00 bits per heavy atom. The van der Waals surface area contributed by atoms with E-state index in [0.717, 1.165) is 16.7 Å². The van der Waals surface area contributed by atoms with Crippen molar-refractivity contribution < 1.29 is 24.3 Å². The summed E-state index contributed by atoms with van der Waals surface area (Å²) in [7, 11) is -2.02. The first-order valence-corrected chi connectivity index (χ1v) is 8.45. The maximum absolute atomic E-state index is 12.3. The zero-order valence-corrected chi connectivity index (χ0v) is 15.8. The molecule has 26 heavy (non-hydrogen) atoms. The fourth-order valence-corrected chi connectivity index (χ4v) is 2.55. The minimum absolute atomic E-state index is 0.170. The molecule has 3 N–H and O–H groups in total. The lowest BCUT2D eigenvalue weighted by Gasteiger charge is -2.24. The smallest absolute Gasteiger partial charge is 0.402 e. The number of rotatable bonds is 9. The molecular formula is C18H27BN2O5. The third kappa shape index (κ3) is 6.99. The van der Waals surface area contributed by atoms with Crippen molar-refractivity contribution in [3.63, 3.8) is 0 Å². The summed E-state index contributed by atoms with van der Waals surface area (Å²) >= 11 is 0. The molecule has 0 aromatic heterocycles. The molecule has 2 amide bonds. The molecule has 0 saturated carbocycles. The van der Waals surface area contributed by atoms with E-state index in [9.17, 15) is 9.59 Å². The van der Waals surface area contributed by atoms with Crippen molar-refractivity contribution in [2.24, 2.45) is 0 Å². The SMILES string of the molecule is C=C(C)C(=O)N(CC)CC(=O)N[C@@H](Cc1ccc(C)cc1C)OB(O)O. The first-order valence-electron chi connectivity index (χ1n) is 8.45. The maximum Gasteiger partial charge on any atom is 0.635 e. The van der Waals surface area contributed by atoms with Gasteiger partial charge in [-0.15, -0.1) is 0 Å². The van der Waals surface area contributed by atoms with Crippen LogP contribution >= 0.6 is 0 Å². The normalized spacial score (nSPS) is 11.6. The summed E-state index contributed by atoms with van der Waals surface area (Å²) < 4.78 is 4.99. The van der Waals surface area contributed by atoms with E-state index >= 15 is 0 Å². The van der Waals surface area contributed by atoms with Crippen LogP contribution in [0.25, 0.3) is 0 Å². The van der Waals surface area contributed by atoms with Crippen molar-refractivity contribution >= 4 is 19.1 Å². The number of hydrogen-bond acceptors (Lipinski definition) is 5. The second-order valence-electron chi connectivity index (χ2n) is 6.25. The zero-order valence-electron chi connectivity index (χ0n) is 15.8. The van der Waals surface area contributed by atoms with Gasteiger partial charge in [-0.1, -0.05) is 30.3 Å². The predicted octanol–water partition coefficient (Wildman–Crippen LogP) is 0.699. The van der Waals surface area contributed by atoms with Crippen molar-refractivity contribution in [1.29, 1.82) is 0 Å². The first-order chi connectivity index (χ1) is 12.1. The van der Waals surface area contributed by atoms with Gasteiger partial charge in [0.25, 0.3) is 0 Å². The van der Waals surface area contributed by atoms with Crippen LogP contribution in [0.4, 0.5) is 0 Å². The maximum atomic E-state index is 12.3.